The van der Waals surface area contributed by atoms with E-state index in [2.05, 4.69) is 40.8 Å². The predicted molar refractivity (Wildman–Crippen MR) is 109 cm³/mol. The highest BCUT2D eigenvalue weighted by Gasteiger charge is 2.41. The molecule has 0 aromatic heterocycles. The molecule has 0 saturated carbocycles. The zero-order chi connectivity index (χ0) is 20.0. The number of rotatable bonds is 10. The van der Waals surface area contributed by atoms with Gasteiger partial charge in [0.1, 0.15) is 12.0 Å². The van der Waals surface area contributed by atoms with Gasteiger partial charge in [-0.15, -0.1) is 0 Å². The van der Waals surface area contributed by atoms with Crippen molar-refractivity contribution in [3.05, 3.63) is 29.8 Å². The lowest BCUT2D eigenvalue weighted by molar-refractivity contribution is -0.114. The van der Waals surface area contributed by atoms with E-state index in [0.29, 0.717) is 13.2 Å². The Hall–Kier alpha value is -1.17. The average molecular weight is 381 g/mol. The second-order valence-electron chi connectivity index (χ2n) is 8.68. The molecular weight excluding hydrogens is 344 g/mol. The van der Waals surface area contributed by atoms with Gasteiger partial charge in [0.25, 0.3) is 0 Å². The van der Waals surface area contributed by atoms with Gasteiger partial charge in [-0.2, -0.15) is 0 Å². The van der Waals surface area contributed by atoms with E-state index >= 15 is 0 Å². The molecule has 148 valence electrons. The molecular formula is C21H36O4Si. The lowest BCUT2D eigenvalue weighted by Crippen LogP contribution is -2.48. The highest BCUT2D eigenvalue weighted by molar-refractivity contribution is 6.74. The van der Waals surface area contributed by atoms with E-state index in [0.717, 1.165) is 17.6 Å². The quantitative estimate of drug-likeness (QED) is 0.420. The van der Waals surface area contributed by atoms with Crippen LogP contribution in [0.1, 0.15) is 40.2 Å². The molecule has 0 aliphatic heterocycles. The number of benzene rings is 1. The van der Waals surface area contributed by atoms with Crippen LogP contribution in [0.3, 0.4) is 0 Å². The van der Waals surface area contributed by atoms with Crippen LogP contribution in [-0.4, -0.2) is 34.4 Å². The second-order valence-corrected chi connectivity index (χ2v) is 13.4. The van der Waals surface area contributed by atoms with Crippen LogP contribution in [0.2, 0.25) is 18.1 Å². The smallest absolute Gasteiger partial charge is 0.192 e. The summed E-state index contributed by atoms with van der Waals surface area (Å²) in [6.45, 7) is 16.2. The van der Waals surface area contributed by atoms with Crippen LogP contribution < -0.4 is 4.74 Å². The zero-order valence-electron chi connectivity index (χ0n) is 17.7. The van der Waals surface area contributed by atoms with E-state index in [1.165, 1.54) is 0 Å². The number of methoxy groups -OCH3 is 1. The topological polar surface area (TPSA) is 44.8 Å². The summed E-state index contributed by atoms with van der Waals surface area (Å²) in [7, 11) is -0.295. The third-order valence-electron chi connectivity index (χ3n) is 5.34. The van der Waals surface area contributed by atoms with Crippen molar-refractivity contribution in [3.8, 4) is 5.75 Å². The summed E-state index contributed by atoms with van der Waals surface area (Å²) >= 11 is 0. The Morgan fingerprint density at radius 2 is 1.69 bits per heavy atom. The minimum Gasteiger partial charge on any atom is -0.497 e. The summed E-state index contributed by atoms with van der Waals surface area (Å²) in [6.07, 6.45) is 0.877. The van der Waals surface area contributed by atoms with Crippen LogP contribution in [0.15, 0.2) is 24.3 Å². The third kappa shape index (κ3) is 6.52. The SMILES string of the molecule is COc1ccc(COC[C@H](C)[C@@H](O[Si](C)(C)C(C)(C)C)[C@@H](C)C=O)cc1. The molecule has 0 spiro atoms. The summed E-state index contributed by atoms with van der Waals surface area (Å²) in [6, 6.07) is 7.86. The maximum atomic E-state index is 11.4. The van der Waals surface area contributed by atoms with Gasteiger partial charge in [0.2, 0.25) is 0 Å². The Kier molecular flexibility index (Phi) is 8.51. The molecule has 1 rings (SSSR count). The molecule has 0 N–H and O–H groups in total. The Labute approximate surface area is 160 Å². The van der Waals surface area contributed by atoms with Gasteiger partial charge in [-0.3, -0.25) is 0 Å². The molecule has 4 nitrogen and oxygen atoms in total. The van der Waals surface area contributed by atoms with Gasteiger partial charge in [0.05, 0.1) is 26.4 Å². The van der Waals surface area contributed by atoms with Crippen LogP contribution in [0.5, 0.6) is 5.75 Å². The average Bonchev–Trinajstić information content (AvgIpc) is 2.58. The number of carbonyl (C=O) groups excluding carboxylic acids is 1. The molecule has 0 bridgehead atoms. The summed E-state index contributed by atoms with van der Waals surface area (Å²) in [5, 5.41) is 0.109. The van der Waals surface area contributed by atoms with Crippen molar-refractivity contribution in [2.24, 2.45) is 11.8 Å². The van der Waals surface area contributed by atoms with Crippen molar-refractivity contribution < 1.29 is 18.7 Å². The maximum Gasteiger partial charge on any atom is 0.192 e. The van der Waals surface area contributed by atoms with E-state index in [9.17, 15) is 4.79 Å². The van der Waals surface area contributed by atoms with Crippen LogP contribution in [0, 0.1) is 11.8 Å². The molecule has 0 aliphatic rings. The van der Waals surface area contributed by atoms with Gasteiger partial charge in [-0.25, -0.2) is 0 Å². The van der Waals surface area contributed by atoms with Crippen molar-refractivity contribution in [3.63, 3.8) is 0 Å². The Morgan fingerprint density at radius 3 is 2.15 bits per heavy atom. The summed E-state index contributed by atoms with van der Waals surface area (Å²) < 4.78 is 17.6. The van der Waals surface area contributed by atoms with E-state index < -0.39 is 8.32 Å². The van der Waals surface area contributed by atoms with E-state index in [1.807, 2.05) is 31.2 Å². The molecule has 0 radical (unpaired) electrons. The molecule has 1 aromatic carbocycles. The summed E-state index contributed by atoms with van der Waals surface area (Å²) in [5.41, 5.74) is 1.10. The third-order valence-corrected chi connectivity index (χ3v) is 9.81. The molecule has 1 aromatic rings. The monoisotopic (exact) mass is 380 g/mol. The highest BCUT2D eigenvalue weighted by atomic mass is 28.4. The largest absolute Gasteiger partial charge is 0.497 e. The number of hydrogen-bond donors (Lipinski definition) is 0. The molecule has 26 heavy (non-hydrogen) atoms. The molecule has 0 heterocycles. The molecule has 0 unspecified atom stereocenters. The van der Waals surface area contributed by atoms with Crippen molar-refractivity contribution in [2.75, 3.05) is 13.7 Å². The first-order valence-electron chi connectivity index (χ1n) is 9.35. The number of hydrogen-bond acceptors (Lipinski definition) is 4. The predicted octanol–water partition coefficient (Wildman–Crippen LogP) is 5.07. The fraction of sp³-hybridized carbons (Fsp3) is 0.667. The minimum absolute atomic E-state index is 0.109. The molecule has 0 fully saturated rings. The lowest BCUT2D eigenvalue weighted by Gasteiger charge is -2.42. The maximum absolute atomic E-state index is 11.4. The molecule has 5 heteroatoms. The lowest BCUT2D eigenvalue weighted by atomic mass is 9.95. The normalized spacial score (nSPS) is 16.0. The van der Waals surface area contributed by atoms with E-state index in [1.54, 1.807) is 7.11 Å². The van der Waals surface area contributed by atoms with Crippen molar-refractivity contribution in [2.45, 2.75) is 65.5 Å². The molecule has 0 aliphatic carbocycles. The van der Waals surface area contributed by atoms with Gasteiger partial charge in [0.15, 0.2) is 8.32 Å². The fourth-order valence-electron chi connectivity index (χ4n) is 2.52. The zero-order valence-corrected chi connectivity index (χ0v) is 18.7. The first-order chi connectivity index (χ1) is 12.0. The summed E-state index contributed by atoms with van der Waals surface area (Å²) in [5.74, 6) is 0.830. The van der Waals surface area contributed by atoms with Crippen LogP contribution in [0.25, 0.3) is 0 Å². The van der Waals surface area contributed by atoms with E-state index in [-0.39, 0.29) is 23.0 Å². The first-order valence-corrected chi connectivity index (χ1v) is 12.3. The van der Waals surface area contributed by atoms with Crippen molar-refractivity contribution >= 4 is 14.6 Å². The van der Waals surface area contributed by atoms with Gasteiger partial charge in [-0.05, 0) is 35.8 Å². The van der Waals surface area contributed by atoms with Crippen LogP contribution in [-0.2, 0) is 20.6 Å². The Balaban J connectivity index is 2.68. The molecule has 3 atom stereocenters. The van der Waals surface area contributed by atoms with Gasteiger partial charge in [-0.1, -0.05) is 46.8 Å². The Morgan fingerprint density at radius 1 is 1.12 bits per heavy atom. The second kappa shape index (κ2) is 9.67. The van der Waals surface area contributed by atoms with Crippen LogP contribution >= 0.6 is 0 Å². The first kappa shape index (κ1) is 22.9. The van der Waals surface area contributed by atoms with Gasteiger partial charge >= 0.3 is 0 Å². The fourth-order valence-corrected chi connectivity index (χ4v) is 4.00. The standard InChI is InChI=1S/C21H36O4Si/c1-16(13-22)20(25-26(7,8)21(3,4)5)17(2)14-24-15-18-9-11-19(23-6)12-10-18/h9-13,16-17,20H,14-15H2,1-8H3/t16-,17-,20-/m0/s1. The molecule has 0 amide bonds. The molecule has 0 saturated heterocycles. The Bertz CT molecular complexity index is 548. The van der Waals surface area contributed by atoms with Crippen molar-refractivity contribution in [1.82, 2.24) is 0 Å². The van der Waals surface area contributed by atoms with Gasteiger partial charge in [0, 0.05) is 11.8 Å². The van der Waals surface area contributed by atoms with Crippen LogP contribution in [0.4, 0.5) is 0 Å². The minimum atomic E-state index is -1.95. The van der Waals surface area contributed by atoms with Gasteiger partial charge < -0.3 is 18.7 Å². The van der Waals surface area contributed by atoms with Crippen molar-refractivity contribution in [1.29, 1.82) is 0 Å². The summed E-state index contributed by atoms with van der Waals surface area (Å²) in [4.78, 5) is 11.4. The number of carbonyl (C=O) groups is 1. The number of ether oxygens (including phenoxy) is 2. The highest BCUT2D eigenvalue weighted by Crippen LogP contribution is 2.39. The number of aldehydes is 1. The van der Waals surface area contributed by atoms with E-state index in [4.69, 9.17) is 13.9 Å².